The number of hydrogen-bond acceptors (Lipinski definition) is 3. The van der Waals surface area contributed by atoms with E-state index in [-0.39, 0.29) is 11.8 Å². The Morgan fingerprint density at radius 1 is 0.926 bits per heavy atom. The summed E-state index contributed by atoms with van der Waals surface area (Å²) in [7, 11) is -3.70. The Balaban J connectivity index is 3.19. The molecule has 0 unspecified atom stereocenters. The van der Waals surface area contributed by atoms with Crippen molar-refractivity contribution < 1.29 is 8.42 Å². The van der Waals surface area contributed by atoms with Crippen LogP contribution in [-0.2, 0) is 10.0 Å². The highest BCUT2D eigenvalue weighted by molar-refractivity contribution is 7.89. The molecule has 0 atom stereocenters. The number of nitrogens with one attached hydrogen (secondary N) is 1. The first kappa shape index (κ1) is 23.7. The third-order valence-corrected chi connectivity index (χ3v) is 6.15. The molecule has 0 heterocycles. The number of hydrogen-bond donors (Lipinski definition) is 1. The van der Waals surface area contributed by atoms with Gasteiger partial charge in [0.2, 0.25) is 0 Å². The van der Waals surface area contributed by atoms with Gasteiger partial charge in [0.15, 0.2) is 0 Å². The molecule has 0 fully saturated rings. The summed E-state index contributed by atoms with van der Waals surface area (Å²) in [6, 6.07) is 4.09. The van der Waals surface area contributed by atoms with Gasteiger partial charge in [0.25, 0.3) is 10.0 Å². The molecule has 1 aromatic carbocycles. The van der Waals surface area contributed by atoms with Gasteiger partial charge in [-0.1, -0.05) is 79.9 Å². The summed E-state index contributed by atoms with van der Waals surface area (Å²) in [4.78, 5) is 2.85. The van der Waals surface area contributed by atoms with Gasteiger partial charge in [0.1, 0.15) is 0 Å². The minimum atomic E-state index is -3.70. The van der Waals surface area contributed by atoms with Gasteiger partial charge in [-0.2, -0.15) is 13.5 Å². The quantitative estimate of drug-likeness (QED) is 0.272. The minimum absolute atomic E-state index is 0.116. The van der Waals surface area contributed by atoms with Gasteiger partial charge >= 0.3 is 0 Å². The highest BCUT2D eigenvalue weighted by Crippen LogP contribution is 2.34. The molecule has 0 bridgehead atoms. The number of hydrazone groups is 1. The molecule has 4 nitrogen and oxygen atoms in total. The second kappa shape index (κ2) is 10.8. The lowest BCUT2D eigenvalue weighted by molar-refractivity contribution is 0.579. The zero-order chi connectivity index (χ0) is 20.6. The molecular formula is C22H38N2O2S. The van der Waals surface area contributed by atoms with Gasteiger partial charge in [-0.25, -0.2) is 4.83 Å². The van der Waals surface area contributed by atoms with Gasteiger partial charge in [-0.15, -0.1) is 0 Å². The van der Waals surface area contributed by atoms with Crippen LogP contribution >= 0.6 is 0 Å². The van der Waals surface area contributed by atoms with Gasteiger partial charge in [-0.05, 0) is 47.3 Å². The van der Waals surface area contributed by atoms with Crippen LogP contribution in [0.1, 0.15) is 115 Å². The molecule has 1 aromatic rings. The predicted molar refractivity (Wildman–Crippen MR) is 116 cm³/mol. The molecule has 0 saturated heterocycles. The Kier molecular flexibility index (Phi) is 9.51. The molecule has 0 spiro atoms. The molecule has 0 aliphatic rings. The lowest BCUT2D eigenvalue weighted by Gasteiger charge is -2.22. The van der Waals surface area contributed by atoms with Crippen molar-refractivity contribution in [1.29, 1.82) is 0 Å². The fourth-order valence-corrected chi connectivity index (χ4v) is 4.59. The van der Waals surface area contributed by atoms with Crippen molar-refractivity contribution in [2.45, 2.75) is 103 Å². The van der Waals surface area contributed by atoms with Crippen LogP contribution in [0, 0.1) is 0 Å². The summed E-state index contributed by atoms with van der Waals surface area (Å²) < 4.78 is 26.1. The van der Waals surface area contributed by atoms with Crippen LogP contribution in [0.5, 0.6) is 0 Å². The van der Waals surface area contributed by atoms with E-state index in [1.165, 1.54) is 18.4 Å². The fraction of sp³-hybridized carbons (Fsp3) is 0.682. The van der Waals surface area contributed by atoms with Crippen LogP contribution in [0.25, 0.3) is 0 Å². The molecular weight excluding hydrogens is 356 g/mol. The van der Waals surface area contributed by atoms with E-state index in [1.54, 1.807) is 6.21 Å². The van der Waals surface area contributed by atoms with Crippen LogP contribution in [-0.4, -0.2) is 14.6 Å². The molecule has 5 heteroatoms. The first-order chi connectivity index (χ1) is 12.6. The molecule has 1 N–H and O–H groups in total. The van der Waals surface area contributed by atoms with E-state index in [9.17, 15) is 8.42 Å². The second-order valence-electron chi connectivity index (χ2n) is 8.25. The largest absolute Gasteiger partial charge is 0.277 e. The number of nitrogens with zero attached hydrogens (tertiary/aromatic N) is 1. The minimum Gasteiger partial charge on any atom is -0.200 e. The van der Waals surface area contributed by atoms with E-state index in [2.05, 4.69) is 30.7 Å². The summed E-state index contributed by atoms with van der Waals surface area (Å²) >= 11 is 0. The van der Waals surface area contributed by atoms with Crippen LogP contribution in [0.15, 0.2) is 22.1 Å². The normalized spacial score (nSPS) is 12.7. The van der Waals surface area contributed by atoms with Crippen LogP contribution < -0.4 is 4.83 Å². The topological polar surface area (TPSA) is 58.5 Å². The van der Waals surface area contributed by atoms with Gasteiger partial charge in [-0.3, -0.25) is 0 Å². The van der Waals surface area contributed by atoms with Crippen molar-refractivity contribution >= 4 is 16.2 Å². The maximum absolute atomic E-state index is 13.1. The van der Waals surface area contributed by atoms with Crippen LogP contribution in [0.3, 0.4) is 0 Å². The van der Waals surface area contributed by atoms with Gasteiger partial charge < -0.3 is 0 Å². The highest BCUT2D eigenvalue weighted by Gasteiger charge is 2.26. The Labute approximate surface area is 166 Å². The highest BCUT2D eigenvalue weighted by atomic mass is 32.2. The molecule has 0 aliphatic heterocycles. The first-order valence-corrected chi connectivity index (χ1v) is 11.8. The maximum Gasteiger partial charge on any atom is 0.277 e. The Bertz CT molecular complexity index is 691. The fourth-order valence-electron chi connectivity index (χ4n) is 3.08. The molecule has 0 saturated carbocycles. The molecule has 0 amide bonds. The summed E-state index contributed by atoms with van der Waals surface area (Å²) in [5.74, 6) is 0.586. The number of sulfonamides is 1. The molecule has 154 valence electrons. The molecule has 0 aromatic heterocycles. The van der Waals surface area contributed by atoms with E-state index >= 15 is 0 Å². The summed E-state index contributed by atoms with van der Waals surface area (Å²) in [5.41, 5.74) is 2.92. The number of unbranched alkanes of at least 4 members (excludes halogenated alkanes) is 4. The first-order valence-electron chi connectivity index (χ1n) is 10.3. The Hall–Kier alpha value is -1.36. The lowest BCUT2D eigenvalue weighted by Crippen LogP contribution is -2.23. The van der Waals surface area contributed by atoms with Crippen molar-refractivity contribution in [1.82, 2.24) is 4.83 Å². The molecule has 27 heavy (non-hydrogen) atoms. The Morgan fingerprint density at radius 2 is 1.48 bits per heavy atom. The SMILES string of the molecule is CCCCCC/C=N/NS(=O)(=O)c1c(C(C)C)cc(C(C)C)cc1C(C)C. The average Bonchev–Trinajstić information content (AvgIpc) is 2.59. The van der Waals surface area contributed by atoms with Gasteiger partial charge in [0, 0.05) is 6.21 Å². The van der Waals surface area contributed by atoms with E-state index in [4.69, 9.17) is 0 Å². The average molecular weight is 395 g/mol. The van der Waals surface area contributed by atoms with Crippen molar-refractivity contribution in [3.63, 3.8) is 0 Å². The third kappa shape index (κ3) is 6.95. The summed E-state index contributed by atoms with van der Waals surface area (Å²) in [5, 5.41) is 4.01. The monoisotopic (exact) mass is 394 g/mol. The van der Waals surface area contributed by atoms with Gasteiger partial charge in [0.05, 0.1) is 4.90 Å². The summed E-state index contributed by atoms with van der Waals surface area (Å²) in [6.07, 6.45) is 7.06. The number of benzene rings is 1. The van der Waals surface area contributed by atoms with Crippen molar-refractivity contribution in [3.8, 4) is 0 Å². The van der Waals surface area contributed by atoms with Crippen molar-refractivity contribution in [2.75, 3.05) is 0 Å². The standard InChI is InChI=1S/C22H38N2O2S/c1-8-9-10-11-12-13-23-24-27(25,26)22-20(17(4)5)14-19(16(2)3)15-21(22)18(6)7/h13-18,24H,8-12H2,1-7H3/b23-13+. The zero-order valence-electron chi connectivity index (χ0n) is 18.2. The number of rotatable bonds is 11. The van der Waals surface area contributed by atoms with E-state index in [1.807, 2.05) is 39.8 Å². The molecule has 0 radical (unpaired) electrons. The van der Waals surface area contributed by atoms with Crippen LogP contribution in [0.4, 0.5) is 0 Å². The molecule has 1 rings (SSSR count). The summed E-state index contributed by atoms with van der Waals surface area (Å²) in [6.45, 7) is 14.6. The van der Waals surface area contributed by atoms with Crippen molar-refractivity contribution in [2.24, 2.45) is 5.10 Å². The lowest BCUT2D eigenvalue weighted by atomic mass is 9.89. The Morgan fingerprint density at radius 3 is 1.93 bits per heavy atom. The second-order valence-corrected chi connectivity index (χ2v) is 9.85. The van der Waals surface area contributed by atoms with E-state index in [0.29, 0.717) is 10.8 Å². The zero-order valence-corrected chi connectivity index (χ0v) is 19.0. The molecule has 0 aliphatic carbocycles. The van der Waals surface area contributed by atoms with Crippen molar-refractivity contribution in [3.05, 3.63) is 28.8 Å². The van der Waals surface area contributed by atoms with Crippen LogP contribution in [0.2, 0.25) is 0 Å². The third-order valence-electron chi connectivity index (χ3n) is 4.80. The smallest absolute Gasteiger partial charge is 0.200 e. The predicted octanol–water partition coefficient (Wildman–Crippen LogP) is 6.29. The maximum atomic E-state index is 13.1. The van der Waals surface area contributed by atoms with E-state index < -0.39 is 10.0 Å². The van der Waals surface area contributed by atoms with E-state index in [0.717, 1.165) is 30.4 Å².